The van der Waals surface area contributed by atoms with Gasteiger partial charge in [0.15, 0.2) is 5.78 Å². The Hall–Kier alpha value is -2.24. The van der Waals surface area contributed by atoms with Crippen LogP contribution in [0.1, 0.15) is 71.6 Å². The van der Waals surface area contributed by atoms with Gasteiger partial charge in [0.05, 0.1) is 50.2 Å². The van der Waals surface area contributed by atoms with E-state index in [0.717, 1.165) is 18.4 Å². The van der Waals surface area contributed by atoms with Crippen molar-refractivity contribution in [1.82, 2.24) is 4.90 Å². The summed E-state index contributed by atoms with van der Waals surface area (Å²) < 4.78 is 20.3. The van der Waals surface area contributed by atoms with Crippen LogP contribution in [0.5, 0.6) is 0 Å². The maximum absolute atomic E-state index is 14.9. The maximum atomic E-state index is 14.9. The molecule has 58 heavy (non-hydrogen) atoms. The Balaban J connectivity index is 1.16. The lowest BCUT2D eigenvalue weighted by atomic mass is 9.53. The van der Waals surface area contributed by atoms with Crippen molar-refractivity contribution in [1.29, 1.82) is 0 Å². The van der Waals surface area contributed by atoms with E-state index in [0.29, 0.717) is 56.4 Å². The molecule has 2 saturated carbocycles. The van der Waals surface area contributed by atoms with Gasteiger partial charge >= 0.3 is 11.9 Å². The number of aliphatic hydroxyl groups is 2. The molecule has 318 valence electrons. The van der Waals surface area contributed by atoms with E-state index in [4.69, 9.17) is 19.9 Å². The van der Waals surface area contributed by atoms with Crippen LogP contribution < -0.4 is 16.4 Å². The van der Waals surface area contributed by atoms with Gasteiger partial charge in [0.2, 0.25) is 5.91 Å². The fraction of sp³-hybridized carbons (Fsp3) is 0.767. The number of piperidine rings is 1. The Labute approximate surface area is 348 Å². The zero-order valence-electron chi connectivity index (χ0n) is 33.9. The predicted octanol–water partition coefficient (Wildman–Crippen LogP) is 0.595. The topological polar surface area (TPSA) is 199 Å². The van der Waals surface area contributed by atoms with E-state index < -0.39 is 23.1 Å². The molecular weight excluding hydrogens is 781 g/mol. The van der Waals surface area contributed by atoms with Crippen molar-refractivity contribution >= 4 is 45.2 Å². The largest absolute Gasteiger partial charge is 0.462 e. The first-order chi connectivity index (χ1) is 27.9. The van der Waals surface area contributed by atoms with Gasteiger partial charge in [-0.3, -0.25) is 20.1 Å². The number of carbonyl (C=O) groups is 4. The van der Waals surface area contributed by atoms with E-state index >= 15 is 0 Å². The van der Waals surface area contributed by atoms with Gasteiger partial charge in [-0.15, -0.1) is 0 Å². The summed E-state index contributed by atoms with van der Waals surface area (Å²) in [7, 11) is 5.61. The van der Waals surface area contributed by atoms with E-state index in [1.807, 2.05) is 13.0 Å². The molecule has 5 aliphatic heterocycles. The summed E-state index contributed by atoms with van der Waals surface area (Å²) in [6, 6.07) is 0.0714. The molecular formula is C43H62N4O9S2+2. The fourth-order valence-electron chi connectivity index (χ4n) is 13.6. The second kappa shape index (κ2) is 15.9. The molecule has 13 nitrogen and oxygen atoms in total. The molecule has 2 bridgehead atoms. The van der Waals surface area contributed by atoms with Crippen LogP contribution in [0.3, 0.4) is 0 Å². The van der Waals surface area contributed by atoms with Gasteiger partial charge in [-0.2, -0.15) is 0 Å². The van der Waals surface area contributed by atoms with Crippen LogP contribution in [-0.2, 0) is 33.4 Å². The van der Waals surface area contributed by atoms with Gasteiger partial charge in [-0.25, -0.2) is 4.79 Å². The zero-order chi connectivity index (χ0) is 40.7. The highest BCUT2D eigenvalue weighted by molar-refractivity contribution is 8.77. The third kappa shape index (κ3) is 6.50. The molecule has 4 aliphatic carbocycles. The second-order valence-electron chi connectivity index (χ2n) is 18.9. The van der Waals surface area contributed by atoms with Crippen LogP contribution in [0.2, 0.25) is 0 Å². The summed E-state index contributed by atoms with van der Waals surface area (Å²) in [5.41, 5.74) is 5.91. The fourth-order valence-corrected chi connectivity index (χ4v) is 16.7. The van der Waals surface area contributed by atoms with Crippen molar-refractivity contribution in [2.75, 3.05) is 32.6 Å². The minimum atomic E-state index is -1.34. The summed E-state index contributed by atoms with van der Waals surface area (Å²) >= 11 is 0. The normalized spacial score (nSPS) is 47.2. The van der Waals surface area contributed by atoms with E-state index in [9.17, 15) is 29.4 Å². The molecule has 9 aliphatic rings. The van der Waals surface area contributed by atoms with Gasteiger partial charge in [0.25, 0.3) is 0 Å². The first kappa shape index (κ1) is 41.1. The average molecular weight is 843 g/mol. The number of nitrogens with two attached hydrogens (primary N) is 3. The van der Waals surface area contributed by atoms with E-state index in [1.165, 1.54) is 0 Å². The minimum absolute atomic E-state index is 0.0460. The van der Waals surface area contributed by atoms with Crippen LogP contribution in [0.25, 0.3) is 0 Å². The first-order valence-corrected chi connectivity index (χ1v) is 24.2. The quantitative estimate of drug-likeness (QED) is 0.108. The van der Waals surface area contributed by atoms with Gasteiger partial charge < -0.3 is 40.0 Å². The standard InChI is InChI=1S/C43H60N4O9S2/c1-4-21(9-10-48)41(53)56-42(2)26(19-49)12-25-20-57-58-33-14-28-30(50)7-6-29-37(39(28)45-3)40(33)47(29)35(51)13-24-18-46-34(44)15-27(24)38(25)43(42)17-23-11-22-5-8-36(52)54-31(22)16-32(23)55-43/h4,6-7,12,22-24,26-29,31-34,37-40,45-46,48-49H,5,8-11,13-20,44H2,1-3H3/p+2. The first-order valence-electron chi connectivity index (χ1n) is 21.8. The van der Waals surface area contributed by atoms with Gasteiger partial charge in [0.1, 0.15) is 29.5 Å². The third-order valence-electron chi connectivity index (χ3n) is 16.3. The Morgan fingerprint density at radius 2 is 1.98 bits per heavy atom. The molecule has 15 heteroatoms. The lowest BCUT2D eigenvalue weighted by Crippen LogP contribution is -2.96. The number of amides is 1. The number of rotatable bonds is 6. The molecule has 0 aromatic rings. The molecule has 17 unspecified atom stereocenters. The Kier molecular flexibility index (Phi) is 11.3. The SMILES string of the molecule is CC=C(CCO)C(=O)OC1(C)C(CO)C=C2CSSC3CC4C(=O)C=CC5C(C4[NH2+]C)C3N5C(=O)CC3C[NH2+]C(N)CC3C2C12CC1CC3CCC(=O)OC3CC1O2. The van der Waals surface area contributed by atoms with Crippen molar-refractivity contribution in [3.63, 3.8) is 0 Å². The lowest BCUT2D eigenvalue weighted by Gasteiger charge is -2.61. The van der Waals surface area contributed by atoms with Crippen LogP contribution in [0.15, 0.2) is 35.5 Å². The molecule has 0 radical (unpaired) electrons. The van der Waals surface area contributed by atoms with Crippen molar-refractivity contribution in [3.05, 3.63) is 35.5 Å². The number of allylic oxidation sites excluding steroid dienone is 2. The molecule has 0 aromatic heterocycles. The lowest BCUT2D eigenvalue weighted by molar-refractivity contribution is -0.706. The summed E-state index contributed by atoms with van der Waals surface area (Å²) in [4.78, 5) is 57.4. The molecule has 17 atom stereocenters. The van der Waals surface area contributed by atoms with Crippen LogP contribution >= 0.6 is 21.6 Å². The van der Waals surface area contributed by atoms with E-state index in [1.54, 1.807) is 40.7 Å². The zero-order valence-corrected chi connectivity index (χ0v) is 35.5. The smallest absolute Gasteiger partial charge is 0.334 e. The van der Waals surface area contributed by atoms with Crippen molar-refractivity contribution in [2.24, 2.45) is 53.1 Å². The number of ether oxygens (including phenoxy) is 3. The van der Waals surface area contributed by atoms with Crippen molar-refractivity contribution in [2.45, 2.75) is 125 Å². The number of carbonyl (C=O) groups excluding carboxylic acids is 4. The number of ketones is 1. The monoisotopic (exact) mass is 842 g/mol. The van der Waals surface area contributed by atoms with Crippen LogP contribution in [0, 0.1) is 47.3 Å². The summed E-state index contributed by atoms with van der Waals surface area (Å²) in [5, 5.41) is 25.7. The number of esters is 2. The second-order valence-corrected chi connectivity index (χ2v) is 21.5. The highest BCUT2D eigenvalue weighted by Gasteiger charge is 2.71. The number of quaternary nitrogens is 2. The molecule has 5 saturated heterocycles. The van der Waals surface area contributed by atoms with E-state index in [-0.39, 0.29) is 120 Å². The van der Waals surface area contributed by atoms with Crippen molar-refractivity contribution < 1.29 is 54.2 Å². The minimum Gasteiger partial charge on any atom is -0.462 e. The molecule has 9 rings (SSSR count). The van der Waals surface area contributed by atoms with Gasteiger partial charge in [-0.1, -0.05) is 45.4 Å². The van der Waals surface area contributed by atoms with Gasteiger partial charge in [0, 0.05) is 73.0 Å². The molecule has 5 heterocycles. The Morgan fingerprint density at radius 3 is 2.74 bits per heavy atom. The molecule has 7 fully saturated rings. The number of fused-ring (bicyclic) bond motifs is 8. The Morgan fingerprint density at radius 1 is 1.16 bits per heavy atom. The highest BCUT2D eigenvalue weighted by atomic mass is 33.1. The van der Waals surface area contributed by atoms with Crippen LogP contribution in [0.4, 0.5) is 0 Å². The number of nitrogens with zero attached hydrogens (tertiary/aromatic N) is 1. The van der Waals surface area contributed by atoms with Gasteiger partial charge in [-0.05, 0) is 63.4 Å². The summed E-state index contributed by atoms with van der Waals surface area (Å²) in [6.07, 6.45) is 11.8. The predicted molar refractivity (Wildman–Crippen MR) is 216 cm³/mol. The molecule has 1 spiro atoms. The molecule has 1 amide bonds. The van der Waals surface area contributed by atoms with E-state index in [2.05, 4.69) is 28.7 Å². The maximum Gasteiger partial charge on any atom is 0.334 e. The number of aliphatic hydroxyl groups excluding tert-OH is 2. The molecule has 8 N–H and O–H groups in total. The number of hydrogen-bond acceptors (Lipinski definition) is 12. The highest BCUT2D eigenvalue weighted by Crippen LogP contribution is 2.63. The summed E-state index contributed by atoms with van der Waals surface area (Å²) in [6.45, 7) is 3.86. The molecule has 0 aromatic carbocycles. The third-order valence-corrected chi connectivity index (χ3v) is 19.1. The number of hydrogen-bond donors (Lipinski definition) is 5. The van der Waals surface area contributed by atoms with Crippen LogP contribution in [-0.4, -0.2) is 124 Å². The summed E-state index contributed by atoms with van der Waals surface area (Å²) in [5.74, 6) is -0.461. The Bertz CT molecular complexity index is 1780. The average Bonchev–Trinajstić information content (AvgIpc) is 3.56. The van der Waals surface area contributed by atoms with Crippen molar-refractivity contribution in [3.8, 4) is 0 Å².